The maximum atomic E-state index is 11.0. The number of phenolic OH excluding ortho intramolecular Hbond substituents is 1. The van der Waals surface area contributed by atoms with Gasteiger partial charge in [0.05, 0.1) is 4.47 Å². The lowest BCUT2D eigenvalue weighted by Gasteiger charge is -2.11. The standard InChI is InChI=1S/C11H13BrO2/c1-6-4-10(14)11(12)8(3)9(6)5-7(2)13/h4,14H,5H2,1-3H3. The summed E-state index contributed by atoms with van der Waals surface area (Å²) in [6, 6.07) is 1.68. The fourth-order valence-electron chi connectivity index (χ4n) is 1.50. The van der Waals surface area contributed by atoms with Gasteiger partial charge in [-0.2, -0.15) is 0 Å². The summed E-state index contributed by atoms with van der Waals surface area (Å²) in [5.41, 5.74) is 2.90. The van der Waals surface area contributed by atoms with Crippen molar-refractivity contribution in [2.24, 2.45) is 0 Å². The number of halogens is 1. The number of carbonyl (C=O) groups excluding carboxylic acids is 1. The van der Waals surface area contributed by atoms with Crippen molar-refractivity contribution in [2.45, 2.75) is 27.2 Å². The van der Waals surface area contributed by atoms with E-state index in [-0.39, 0.29) is 11.5 Å². The van der Waals surface area contributed by atoms with E-state index >= 15 is 0 Å². The van der Waals surface area contributed by atoms with Gasteiger partial charge in [-0.05, 0) is 59.5 Å². The summed E-state index contributed by atoms with van der Waals surface area (Å²) in [7, 11) is 0. The molecule has 0 saturated carbocycles. The summed E-state index contributed by atoms with van der Waals surface area (Å²) in [6.07, 6.45) is 0.427. The number of hydrogen-bond acceptors (Lipinski definition) is 2. The molecule has 0 spiro atoms. The van der Waals surface area contributed by atoms with Gasteiger partial charge < -0.3 is 5.11 Å². The maximum absolute atomic E-state index is 11.0. The number of rotatable bonds is 2. The minimum absolute atomic E-state index is 0.133. The zero-order chi connectivity index (χ0) is 10.9. The van der Waals surface area contributed by atoms with Crippen LogP contribution < -0.4 is 0 Å². The van der Waals surface area contributed by atoms with Gasteiger partial charge in [-0.3, -0.25) is 4.79 Å². The first-order valence-corrected chi connectivity index (χ1v) is 5.19. The van der Waals surface area contributed by atoms with Crippen LogP contribution in [0.2, 0.25) is 0 Å². The lowest BCUT2D eigenvalue weighted by molar-refractivity contribution is -0.116. The SMILES string of the molecule is CC(=O)Cc1c(C)cc(O)c(Br)c1C. The topological polar surface area (TPSA) is 37.3 Å². The highest BCUT2D eigenvalue weighted by Crippen LogP contribution is 2.32. The molecule has 2 nitrogen and oxygen atoms in total. The van der Waals surface area contributed by atoms with Crippen LogP contribution in [0.25, 0.3) is 0 Å². The maximum Gasteiger partial charge on any atom is 0.134 e. The lowest BCUT2D eigenvalue weighted by Crippen LogP contribution is -2.02. The molecule has 0 unspecified atom stereocenters. The van der Waals surface area contributed by atoms with Gasteiger partial charge in [0, 0.05) is 6.42 Å². The van der Waals surface area contributed by atoms with Crippen LogP contribution in [-0.2, 0) is 11.2 Å². The molecular formula is C11H13BrO2. The Hall–Kier alpha value is -0.830. The molecule has 0 aliphatic heterocycles. The van der Waals surface area contributed by atoms with Crippen molar-refractivity contribution < 1.29 is 9.90 Å². The van der Waals surface area contributed by atoms with Crippen LogP contribution in [0.15, 0.2) is 10.5 Å². The van der Waals surface area contributed by atoms with Gasteiger partial charge in [-0.15, -0.1) is 0 Å². The molecule has 1 N–H and O–H groups in total. The normalized spacial score (nSPS) is 10.3. The second-order valence-electron chi connectivity index (χ2n) is 3.51. The van der Waals surface area contributed by atoms with Crippen molar-refractivity contribution >= 4 is 21.7 Å². The molecule has 0 bridgehead atoms. The Labute approximate surface area is 92.1 Å². The van der Waals surface area contributed by atoms with Gasteiger partial charge >= 0.3 is 0 Å². The molecule has 1 aromatic rings. The minimum atomic E-state index is 0.133. The second-order valence-corrected chi connectivity index (χ2v) is 4.30. The molecule has 0 aliphatic carbocycles. The molecule has 0 heterocycles. The third-order valence-corrected chi connectivity index (χ3v) is 3.26. The zero-order valence-corrected chi connectivity index (χ0v) is 10.1. The van der Waals surface area contributed by atoms with Crippen LogP contribution >= 0.6 is 15.9 Å². The summed E-state index contributed by atoms with van der Waals surface area (Å²) in [4.78, 5) is 11.0. The number of hydrogen-bond donors (Lipinski definition) is 1. The summed E-state index contributed by atoms with van der Waals surface area (Å²) in [5, 5.41) is 9.51. The summed E-state index contributed by atoms with van der Waals surface area (Å²) >= 11 is 3.29. The first-order valence-electron chi connectivity index (χ1n) is 4.40. The van der Waals surface area contributed by atoms with Crippen molar-refractivity contribution in [1.82, 2.24) is 0 Å². The average molecular weight is 257 g/mol. The van der Waals surface area contributed by atoms with Crippen molar-refractivity contribution in [3.8, 4) is 5.75 Å². The molecule has 76 valence electrons. The van der Waals surface area contributed by atoms with Crippen LogP contribution in [0, 0.1) is 13.8 Å². The molecule has 0 radical (unpaired) electrons. The highest BCUT2D eigenvalue weighted by molar-refractivity contribution is 9.10. The Morgan fingerprint density at radius 1 is 1.50 bits per heavy atom. The predicted molar refractivity (Wildman–Crippen MR) is 59.7 cm³/mol. The van der Waals surface area contributed by atoms with Gasteiger partial charge in [0.2, 0.25) is 0 Å². The van der Waals surface area contributed by atoms with Crippen LogP contribution in [0.4, 0.5) is 0 Å². The molecule has 14 heavy (non-hydrogen) atoms. The summed E-state index contributed by atoms with van der Waals surface area (Å²) in [5.74, 6) is 0.362. The molecule has 1 aromatic carbocycles. The quantitative estimate of drug-likeness (QED) is 0.884. The Morgan fingerprint density at radius 2 is 2.07 bits per heavy atom. The number of benzene rings is 1. The number of aryl methyl sites for hydroxylation is 1. The van der Waals surface area contributed by atoms with Crippen molar-refractivity contribution in [3.63, 3.8) is 0 Å². The molecule has 0 aliphatic rings. The monoisotopic (exact) mass is 256 g/mol. The van der Waals surface area contributed by atoms with E-state index < -0.39 is 0 Å². The van der Waals surface area contributed by atoms with Gasteiger partial charge in [-0.1, -0.05) is 0 Å². The second kappa shape index (κ2) is 4.13. The van der Waals surface area contributed by atoms with Crippen LogP contribution in [0.1, 0.15) is 23.6 Å². The molecule has 3 heteroatoms. The Balaban J connectivity index is 3.29. The third kappa shape index (κ3) is 2.15. The average Bonchev–Trinajstić information content (AvgIpc) is 2.09. The number of phenols is 1. The predicted octanol–water partition coefficient (Wildman–Crippen LogP) is 2.90. The first-order chi connectivity index (χ1) is 6.43. The molecule has 0 fully saturated rings. The van der Waals surface area contributed by atoms with E-state index in [9.17, 15) is 9.90 Å². The van der Waals surface area contributed by atoms with Crippen LogP contribution in [-0.4, -0.2) is 10.9 Å². The number of carbonyl (C=O) groups is 1. The smallest absolute Gasteiger partial charge is 0.134 e. The van der Waals surface area contributed by atoms with Crippen molar-refractivity contribution in [3.05, 3.63) is 27.2 Å². The fourth-order valence-corrected chi connectivity index (χ4v) is 1.85. The molecule has 0 aromatic heterocycles. The van der Waals surface area contributed by atoms with E-state index in [2.05, 4.69) is 15.9 Å². The number of Topliss-reactive ketones (excluding diaryl/α,β-unsaturated/α-hetero) is 1. The zero-order valence-electron chi connectivity index (χ0n) is 8.52. The van der Waals surface area contributed by atoms with E-state index in [0.29, 0.717) is 10.9 Å². The Bertz CT molecular complexity index is 383. The van der Waals surface area contributed by atoms with E-state index in [4.69, 9.17) is 0 Å². The number of ketones is 1. The lowest BCUT2D eigenvalue weighted by atomic mass is 9.98. The molecule has 0 saturated heterocycles. The Kier molecular flexibility index (Phi) is 3.32. The van der Waals surface area contributed by atoms with Crippen LogP contribution in [0.3, 0.4) is 0 Å². The van der Waals surface area contributed by atoms with E-state index in [1.165, 1.54) is 0 Å². The van der Waals surface area contributed by atoms with E-state index in [0.717, 1.165) is 16.7 Å². The van der Waals surface area contributed by atoms with Crippen molar-refractivity contribution in [2.75, 3.05) is 0 Å². The third-order valence-electron chi connectivity index (χ3n) is 2.26. The van der Waals surface area contributed by atoms with Gasteiger partial charge in [-0.25, -0.2) is 0 Å². The summed E-state index contributed by atoms with van der Waals surface area (Å²) in [6.45, 7) is 5.37. The van der Waals surface area contributed by atoms with E-state index in [1.54, 1.807) is 13.0 Å². The van der Waals surface area contributed by atoms with Crippen LogP contribution in [0.5, 0.6) is 5.75 Å². The van der Waals surface area contributed by atoms with E-state index in [1.807, 2.05) is 13.8 Å². The fraction of sp³-hybridized carbons (Fsp3) is 0.364. The van der Waals surface area contributed by atoms with Gasteiger partial charge in [0.1, 0.15) is 11.5 Å². The molecular weight excluding hydrogens is 244 g/mol. The first kappa shape index (κ1) is 11.2. The number of aromatic hydroxyl groups is 1. The highest BCUT2D eigenvalue weighted by Gasteiger charge is 2.11. The molecule has 0 atom stereocenters. The highest BCUT2D eigenvalue weighted by atomic mass is 79.9. The van der Waals surface area contributed by atoms with Crippen molar-refractivity contribution in [1.29, 1.82) is 0 Å². The van der Waals surface area contributed by atoms with Gasteiger partial charge in [0.25, 0.3) is 0 Å². The summed E-state index contributed by atoms with van der Waals surface area (Å²) < 4.78 is 0.680. The van der Waals surface area contributed by atoms with Gasteiger partial charge in [0.15, 0.2) is 0 Å². The molecule has 1 rings (SSSR count). The largest absolute Gasteiger partial charge is 0.507 e. The Morgan fingerprint density at radius 3 is 2.57 bits per heavy atom. The molecule has 0 amide bonds. The minimum Gasteiger partial charge on any atom is -0.507 e.